The van der Waals surface area contributed by atoms with Crippen LogP contribution in [-0.4, -0.2) is 29.0 Å². The van der Waals surface area contributed by atoms with Crippen LogP contribution in [0.4, 0.5) is 10.2 Å². The predicted molar refractivity (Wildman–Crippen MR) is 106 cm³/mol. The number of fused-ring (bicyclic) bond motifs is 1. The van der Waals surface area contributed by atoms with Gasteiger partial charge in [-0.25, -0.2) is 14.4 Å². The third-order valence-corrected chi connectivity index (χ3v) is 4.27. The number of amides is 1. The number of halogens is 2. The SMILES string of the molecule is CCc1nc(NCCNC(=O)Cc2ccc(F)cc2)c2ccc(Cl)cc2n1. The van der Waals surface area contributed by atoms with Crippen molar-refractivity contribution in [1.29, 1.82) is 0 Å². The second-order valence-electron chi connectivity index (χ2n) is 6.08. The Balaban J connectivity index is 1.57. The zero-order chi connectivity index (χ0) is 19.2. The summed E-state index contributed by atoms with van der Waals surface area (Å²) in [4.78, 5) is 21.0. The molecule has 5 nitrogen and oxygen atoms in total. The number of carbonyl (C=O) groups is 1. The molecule has 1 heterocycles. The highest BCUT2D eigenvalue weighted by Crippen LogP contribution is 2.23. The summed E-state index contributed by atoms with van der Waals surface area (Å²) in [7, 11) is 0. The fourth-order valence-corrected chi connectivity index (χ4v) is 2.84. The van der Waals surface area contributed by atoms with Crippen molar-refractivity contribution >= 4 is 34.2 Å². The number of aryl methyl sites for hydroxylation is 1. The molecule has 0 bridgehead atoms. The molecular formula is C20H20ClFN4O. The summed E-state index contributed by atoms with van der Waals surface area (Å²) in [6.07, 6.45) is 0.931. The van der Waals surface area contributed by atoms with E-state index in [-0.39, 0.29) is 18.1 Å². The van der Waals surface area contributed by atoms with E-state index in [0.29, 0.717) is 24.5 Å². The first-order valence-corrected chi connectivity index (χ1v) is 9.14. The Bertz CT molecular complexity index is 947. The van der Waals surface area contributed by atoms with Crippen molar-refractivity contribution in [1.82, 2.24) is 15.3 Å². The van der Waals surface area contributed by atoms with Gasteiger partial charge in [-0.1, -0.05) is 30.7 Å². The lowest BCUT2D eigenvalue weighted by molar-refractivity contribution is -0.120. The summed E-state index contributed by atoms with van der Waals surface area (Å²) in [6.45, 7) is 2.96. The molecule has 3 rings (SSSR count). The third kappa shape index (κ3) is 5.14. The Kier molecular flexibility index (Phi) is 6.19. The number of nitrogens with one attached hydrogen (secondary N) is 2. The topological polar surface area (TPSA) is 66.9 Å². The molecule has 0 aliphatic carbocycles. The molecule has 2 aromatic carbocycles. The van der Waals surface area contributed by atoms with E-state index < -0.39 is 0 Å². The van der Waals surface area contributed by atoms with E-state index in [4.69, 9.17) is 11.6 Å². The zero-order valence-electron chi connectivity index (χ0n) is 14.9. The van der Waals surface area contributed by atoms with Crippen LogP contribution in [0.2, 0.25) is 5.02 Å². The molecule has 7 heteroatoms. The van der Waals surface area contributed by atoms with Gasteiger partial charge >= 0.3 is 0 Å². The predicted octanol–water partition coefficient (Wildman–Crippen LogP) is 3.76. The van der Waals surface area contributed by atoms with Crippen LogP contribution in [-0.2, 0) is 17.6 Å². The maximum atomic E-state index is 12.9. The number of hydrogen-bond donors (Lipinski definition) is 2. The van der Waals surface area contributed by atoms with Gasteiger partial charge in [-0.15, -0.1) is 0 Å². The van der Waals surface area contributed by atoms with Gasteiger partial charge in [0.05, 0.1) is 11.9 Å². The number of nitrogens with zero attached hydrogens (tertiary/aromatic N) is 2. The van der Waals surface area contributed by atoms with E-state index in [1.165, 1.54) is 12.1 Å². The summed E-state index contributed by atoms with van der Waals surface area (Å²) in [5.74, 6) is 1.03. The van der Waals surface area contributed by atoms with Crippen LogP contribution in [0.15, 0.2) is 42.5 Å². The Morgan fingerprint density at radius 2 is 1.89 bits per heavy atom. The summed E-state index contributed by atoms with van der Waals surface area (Å²) in [6, 6.07) is 11.4. The quantitative estimate of drug-likeness (QED) is 0.607. The Morgan fingerprint density at radius 3 is 2.63 bits per heavy atom. The lowest BCUT2D eigenvalue weighted by atomic mass is 10.1. The van der Waals surface area contributed by atoms with Crippen LogP contribution in [0.25, 0.3) is 10.9 Å². The van der Waals surface area contributed by atoms with E-state index in [2.05, 4.69) is 20.6 Å². The maximum Gasteiger partial charge on any atom is 0.224 e. The highest BCUT2D eigenvalue weighted by atomic mass is 35.5. The van der Waals surface area contributed by atoms with E-state index in [0.717, 1.165) is 28.1 Å². The number of benzene rings is 2. The molecule has 0 radical (unpaired) electrons. The molecule has 0 saturated heterocycles. The van der Waals surface area contributed by atoms with Crippen LogP contribution in [0, 0.1) is 5.82 Å². The average molecular weight is 387 g/mol. The first-order valence-electron chi connectivity index (χ1n) is 8.76. The van der Waals surface area contributed by atoms with Crippen molar-refractivity contribution in [3.05, 3.63) is 64.7 Å². The molecule has 0 aliphatic rings. The fourth-order valence-electron chi connectivity index (χ4n) is 2.68. The van der Waals surface area contributed by atoms with Gasteiger partial charge in [0, 0.05) is 29.9 Å². The Hall–Kier alpha value is -2.73. The molecular weight excluding hydrogens is 367 g/mol. The summed E-state index contributed by atoms with van der Waals surface area (Å²) < 4.78 is 12.9. The van der Waals surface area contributed by atoms with Gasteiger partial charge in [0.2, 0.25) is 5.91 Å². The molecule has 27 heavy (non-hydrogen) atoms. The zero-order valence-corrected chi connectivity index (χ0v) is 15.7. The molecule has 3 aromatic rings. The summed E-state index contributed by atoms with van der Waals surface area (Å²) in [5, 5.41) is 7.60. The normalized spacial score (nSPS) is 10.8. The lowest BCUT2D eigenvalue weighted by Crippen LogP contribution is -2.30. The van der Waals surface area contributed by atoms with Crippen molar-refractivity contribution < 1.29 is 9.18 Å². The van der Waals surface area contributed by atoms with Gasteiger partial charge in [0.15, 0.2) is 0 Å². The summed E-state index contributed by atoms with van der Waals surface area (Å²) >= 11 is 6.05. The third-order valence-electron chi connectivity index (χ3n) is 4.04. The number of aromatic nitrogens is 2. The van der Waals surface area contributed by atoms with Crippen molar-refractivity contribution in [2.24, 2.45) is 0 Å². The van der Waals surface area contributed by atoms with Crippen molar-refractivity contribution in [3.63, 3.8) is 0 Å². The van der Waals surface area contributed by atoms with Gasteiger partial charge < -0.3 is 10.6 Å². The molecule has 0 unspecified atom stereocenters. The molecule has 1 aromatic heterocycles. The largest absolute Gasteiger partial charge is 0.368 e. The van der Waals surface area contributed by atoms with Crippen molar-refractivity contribution in [3.8, 4) is 0 Å². The van der Waals surface area contributed by atoms with Crippen molar-refractivity contribution in [2.75, 3.05) is 18.4 Å². The smallest absolute Gasteiger partial charge is 0.224 e. The molecule has 140 valence electrons. The molecule has 0 atom stereocenters. The van der Waals surface area contributed by atoms with Crippen LogP contribution < -0.4 is 10.6 Å². The van der Waals surface area contributed by atoms with Gasteiger partial charge in [0.25, 0.3) is 0 Å². The molecule has 0 saturated carbocycles. The van der Waals surface area contributed by atoms with Crippen LogP contribution >= 0.6 is 11.6 Å². The van der Waals surface area contributed by atoms with Crippen LogP contribution in [0.3, 0.4) is 0 Å². The van der Waals surface area contributed by atoms with Crippen molar-refractivity contribution in [2.45, 2.75) is 19.8 Å². The van der Waals surface area contributed by atoms with Gasteiger partial charge in [0.1, 0.15) is 17.5 Å². The van der Waals surface area contributed by atoms with Gasteiger partial charge in [-0.05, 0) is 35.9 Å². The lowest BCUT2D eigenvalue weighted by Gasteiger charge is -2.11. The van der Waals surface area contributed by atoms with Gasteiger partial charge in [-0.3, -0.25) is 4.79 Å². The highest BCUT2D eigenvalue weighted by molar-refractivity contribution is 6.31. The minimum atomic E-state index is -0.312. The number of anilines is 1. The maximum absolute atomic E-state index is 12.9. The monoisotopic (exact) mass is 386 g/mol. The second kappa shape index (κ2) is 8.77. The van der Waals surface area contributed by atoms with E-state index >= 15 is 0 Å². The van der Waals surface area contributed by atoms with Crippen LogP contribution in [0.1, 0.15) is 18.3 Å². The minimum Gasteiger partial charge on any atom is -0.368 e. The standard InChI is InChI=1S/C20H20ClFN4O/c1-2-18-25-17-12-14(21)5-8-16(17)20(26-18)24-10-9-23-19(27)11-13-3-6-15(22)7-4-13/h3-8,12H,2,9-11H2,1H3,(H,23,27)(H,24,25,26). The minimum absolute atomic E-state index is 0.114. The first kappa shape index (κ1) is 19.0. The highest BCUT2D eigenvalue weighted by Gasteiger charge is 2.08. The molecule has 0 spiro atoms. The average Bonchev–Trinajstić information content (AvgIpc) is 2.66. The van der Waals surface area contributed by atoms with Gasteiger partial charge in [-0.2, -0.15) is 0 Å². The molecule has 0 aliphatic heterocycles. The second-order valence-corrected chi connectivity index (χ2v) is 6.52. The van der Waals surface area contributed by atoms with E-state index in [9.17, 15) is 9.18 Å². The van der Waals surface area contributed by atoms with E-state index in [1.807, 2.05) is 19.1 Å². The molecule has 1 amide bonds. The van der Waals surface area contributed by atoms with E-state index in [1.54, 1.807) is 18.2 Å². The number of carbonyl (C=O) groups excluding carboxylic acids is 1. The van der Waals surface area contributed by atoms with Crippen LogP contribution in [0.5, 0.6) is 0 Å². The first-order chi connectivity index (χ1) is 13.0. The molecule has 2 N–H and O–H groups in total. The summed E-state index contributed by atoms with van der Waals surface area (Å²) in [5.41, 5.74) is 1.56. The number of hydrogen-bond acceptors (Lipinski definition) is 4. The number of rotatable bonds is 7. The Morgan fingerprint density at radius 1 is 1.11 bits per heavy atom. The Labute approximate surface area is 162 Å². The molecule has 0 fully saturated rings. The fraction of sp³-hybridized carbons (Fsp3) is 0.250.